The molecule has 1 aromatic rings. The molecule has 0 saturated carbocycles. The lowest BCUT2D eigenvalue weighted by Gasteiger charge is -2.06. The van der Waals surface area contributed by atoms with Gasteiger partial charge < -0.3 is 14.6 Å². The molecule has 0 aliphatic carbocycles. The van der Waals surface area contributed by atoms with Gasteiger partial charge in [-0.15, -0.1) is 0 Å². The summed E-state index contributed by atoms with van der Waals surface area (Å²) in [4.78, 5) is 22.3. The number of carboxylic acid groups (broad SMARTS) is 1. The Morgan fingerprint density at radius 1 is 1.53 bits per heavy atom. The molecule has 0 radical (unpaired) electrons. The van der Waals surface area contributed by atoms with E-state index in [9.17, 15) is 9.59 Å². The van der Waals surface area contributed by atoms with Crippen molar-refractivity contribution in [3.8, 4) is 5.75 Å². The first-order valence-corrected chi connectivity index (χ1v) is 4.25. The van der Waals surface area contributed by atoms with Crippen LogP contribution >= 0.6 is 0 Å². The minimum Gasteiger partial charge on any atom is -0.496 e. The standard InChI is InChI=1S/C10H8O5/c1-14-6-3-2-5-4-15-10(13)7(5)8(6)9(11)12/h2-3H,4H2,1H3,(H,11,12). The Balaban J connectivity index is 2.72. The number of hydrogen-bond donors (Lipinski definition) is 1. The van der Waals surface area contributed by atoms with Crippen LogP contribution in [0.1, 0.15) is 26.3 Å². The van der Waals surface area contributed by atoms with E-state index >= 15 is 0 Å². The third-order valence-electron chi connectivity index (χ3n) is 2.25. The molecule has 1 N–H and O–H groups in total. The number of cyclic esters (lactones) is 1. The fourth-order valence-electron chi connectivity index (χ4n) is 1.58. The smallest absolute Gasteiger partial charge is 0.340 e. The van der Waals surface area contributed by atoms with Crippen LogP contribution in [0.2, 0.25) is 0 Å². The van der Waals surface area contributed by atoms with Crippen molar-refractivity contribution in [2.24, 2.45) is 0 Å². The molecule has 0 atom stereocenters. The second kappa shape index (κ2) is 3.27. The van der Waals surface area contributed by atoms with Gasteiger partial charge in [0.15, 0.2) is 0 Å². The molecule has 1 heterocycles. The van der Waals surface area contributed by atoms with E-state index in [-0.39, 0.29) is 23.5 Å². The van der Waals surface area contributed by atoms with Crippen LogP contribution in [0.4, 0.5) is 0 Å². The normalized spacial score (nSPS) is 13.3. The van der Waals surface area contributed by atoms with Crippen LogP contribution < -0.4 is 4.74 Å². The summed E-state index contributed by atoms with van der Waals surface area (Å²) in [6.45, 7) is 0.123. The molecule has 0 aromatic heterocycles. The third kappa shape index (κ3) is 1.32. The van der Waals surface area contributed by atoms with Crippen molar-refractivity contribution >= 4 is 11.9 Å². The van der Waals surface area contributed by atoms with Crippen molar-refractivity contribution in [2.45, 2.75) is 6.61 Å². The minimum atomic E-state index is -1.19. The Morgan fingerprint density at radius 2 is 2.27 bits per heavy atom. The first-order valence-electron chi connectivity index (χ1n) is 4.25. The number of rotatable bonds is 2. The zero-order valence-electron chi connectivity index (χ0n) is 7.94. The average molecular weight is 208 g/mol. The molecule has 2 rings (SSSR count). The second-order valence-corrected chi connectivity index (χ2v) is 3.06. The van der Waals surface area contributed by atoms with E-state index in [1.54, 1.807) is 6.07 Å². The predicted octanol–water partition coefficient (Wildman–Crippen LogP) is 1.06. The molecule has 5 heteroatoms. The fraction of sp³-hybridized carbons (Fsp3) is 0.200. The monoisotopic (exact) mass is 208 g/mol. The highest BCUT2D eigenvalue weighted by Gasteiger charge is 2.30. The largest absolute Gasteiger partial charge is 0.496 e. The summed E-state index contributed by atoms with van der Waals surface area (Å²) in [6, 6.07) is 3.15. The number of benzene rings is 1. The predicted molar refractivity (Wildman–Crippen MR) is 49.1 cm³/mol. The average Bonchev–Trinajstić information content (AvgIpc) is 2.59. The van der Waals surface area contributed by atoms with E-state index in [1.807, 2.05) is 0 Å². The van der Waals surface area contributed by atoms with Crippen molar-refractivity contribution in [3.05, 3.63) is 28.8 Å². The first kappa shape index (κ1) is 9.51. The Morgan fingerprint density at radius 3 is 2.87 bits per heavy atom. The molecule has 0 spiro atoms. The lowest BCUT2D eigenvalue weighted by Crippen LogP contribution is -2.08. The highest BCUT2D eigenvalue weighted by Crippen LogP contribution is 2.30. The summed E-state index contributed by atoms with van der Waals surface area (Å²) in [7, 11) is 1.36. The number of carbonyl (C=O) groups is 2. The van der Waals surface area contributed by atoms with E-state index in [4.69, 9.17) is 14.6 Å². The molecule has 1 aromatic carbocycles. The lowest BCUT2D eigenvalue weighted by atomic mass is 10.0. The van der Waals surface area contributed by atoms with Gasteiger partial charge in [-0.2, -0.15) is 0 Å². The van der Waals surface area contributed by atoms with Crippen LogP contribution in [0.25, 0.3) is 0 Å². The maximum absolute atomic E-state index is 11.3. The van der Waals surface area contributed by atoms with Crippen molar-refractivity contribution in [2.75, 3.05) is 7.11 Å². The van der Waals surface area contributed by atoms with Gasteiger partial charge in [0.2, 0.25) is 0 Å². The summed E-state index contributed by atoms with van der Waals surface area (Å²) in [5, 5.41) is 8.99. The number of aromatic carboxylic acids is 1. The molecule has 0 bridgehead atoms. The fourth-order valence-corrected chi connectivity index (χ4v) is 1.58. The highest BCUT2D eigenvalue weighted by molar-refractivity contribution is 6.06. The van der Waals surface area contributed by atoms with Gasteiger partial charge in [-0.05, 0) is 6.07 Å². The molecule has 78 valence electrons. The lowest BCUT2D eigenvalue weighted by molar-refractivity contribution is 0.0526. The zero-order valence-corrected chi connectivity index (χ0v) is 7.94. The van der Waals surface area contributed by atoms with Crippen molar-refractivity contribution in [3.63, 3.8) is 0 Å². The third-order valence-corrected chi connectivity index (χ3v) is 2.25. The number of fused-ring (bicyclic) bond motifs is 1. The quantitative estimate of drug-likeness (QED) is 0.736. The van der Waals surface area contributed by atoms with Crippen LogP contribution in [0.3, 0.4) is 0 Å². The van der Waals surface area contributed by atoms with Crippen molar-refractivity contribution in [1.29, 1.82) is 0 Å². The summed E-state index contributed by atoms with van der Waals surface area (Å²) in [5.41, 5.74) is 0.553. The molecule has 15 heavy (non-hydrogen) atoms. The number of hydrogen-bond acceptors (Lipinski definition) is 4. The van der Waals surface area contributed by atoms with Crippen molar-refractivity contribution < 1.29 is 24.2 Å². The van der Waals surface area contributed by atoms with E-state index in [0.717, 1.165) is 0 Å². The van der Waals surface area contributed by atoms with Gasteiger partial charge in [0.05, 0.1) is 12.7 Å². The van der Waals surface area contributed by atoms with Gasteiger partial charge in [-0.3, -0.25) is 0 Å². The van der Waals surface area contributed by atoms with Gasteiger partial charge in [-0.25, -0.2) is 9.59 Å². The van der Waals surface area contributed by atoms with Gasteiger partial charge in [0, 0.05) is 5.56 Å². The first-order chi connectivity index (χ1) is 7.15. The van der Waals surface area contributed by atoms with Gasteiger partial charge in [0.25, 0.3) is 0 Å². The van der Waals surface area contributed by atoms with Gasteiger partial charge in [-0.1, -0.05) is 6.07 Å². The molecular weight excluding hydrogens is 200 g/mol. The Labute approximate surface area is 85.2 Å². The van der Waals surface area contributed by atoms with E-state index in [2.05, 4.69) is 0 Å². The van der Waals surface area contributed by atoms with Gasteiger partial charge in [0.1, 0.15) is 17.9 Å². The summed E-state index contributed by atoms with van der Waals surface area (Å²) >= 11 is 0. The molecule has 0 saturated heterocycles. The van der Waals surface area contributed by atoms with Crippen molar-refractivity contribution in [1.82, 2.24) is 0 Å². The van der Waals surface area contributed by atoms with E-state index < -0.39 is 11.9 Å². The summed E-state index contributed by atoms with van der Waals surface area (Å²) in [5.74, 6) is -1.64. The van der Waals surface area contributed by atoms with Crippen LogP contribution in [-0.4, -0.2) is 24.2 Å². The van der Waals surface area contributed by atoms with Crippen LogP contribution in [0.15, 0.2) is 12.1 Å². The zero-order chi connectivity index (χ0) is 11.0. The molecule has 1 aliphatic rings. The molecule has 0 unspecified atom stereocenters. The maximum atomic E-state index is 11.3. The molecule has 0 amide bonds. The number of methoxy groups -OCH3 is 1. The Hall–Kier alpha value is -2.04. The number of carboxylic acids is 1. The number of esters is 1. The van der Waals surface area contributed by atoms with Crippen LogP contribution in [0.5, 0.6) is 5.75 Å². The molecule has 1 aliphatic heterocycles. The van der Waals surface area contributed by atoms with Crippen LogP contribution in [0, 0.1) is 0 Å². The molecule has 5 nitrogen and oxygen atoms in total. The second-order valence-electron chi connectivity index (χ2n) is 3.06. The number of ether oxygens (including phenoxy) is 2. The van der Waals surface area contributed by atoms with E-state index in [1.165, 1.54) is 13.2 Å². The summed E-state index contributed by atoms with van der Waals surface area (Å²) in [6.07, 6.45) is 0. The minimum absolute atomic E-state index is 0.0989. The number of carbonyl (C=O) groups excluding carboxylic acids is 1. The topological polar surface area (TPSA) is 72.8 Å². The Bertz CT molecular complexity index is 449. The maximum Gasteiger partial charge on any atom is 0.340 e. The molecular formula is C10H8O5. The van der Waals surface area contributed by atoms with Crippen LogP contribution in [-0.2, 0) is 11.3 Å². The Kier molecular flexibility index (Phi) is 2.07. The summed E-state index contributed by atoms with van der Waals surface area (Å²) < 4.78 is 9.65. The molecule has 0 fully saturated rings. The highest BCUT2D eigenvalue weighted by atomic mass is 16.5. The van der Waals surface area contributed by atoms with Gasteiger partial charge >= 0.3 is 11.9 Å². The SMILES string of the molecule is COc1ccc2c(c1C(=O)O)C(=O)OC2. The van der Waals surface area contributed by atoms with E-state index in [0.29, 0.717) is 5.56 Å².